The number of amides is 1. The van der Waals surface area contributed by atoms with Crippen molar-refractivity contribution in [2.24, 2.45) is 11.1 Å². The summed E-state index contributed by atoms with van der Waals surface area (Å²) in [4.78, 5) is 14.1. The van der Waals surface area contributed by atoms with Crippen molar-refractivity contribution < 1.29 is 9.90 Å². The molecule has 1 amide bonds. The summed E-state index contributed by atoms with van der Waals surface area (Å²) in [5, 5.41) is 9.43. The van der Waals surface area contributed by atoms with Crippen LogP contribution in [0.4, 0.5) is 0 Å². The largest absolute Gasteiger partial charge is 0.508 e. The highest BCUT2D eigenvalue weighted by Gasteiger charge is 2.41. The first-order chi connectivity index (χ1) is 8.55. The molecular weight excluding hydrogens is 240 g/mol. The van der Waals surface area contributed by atoms with Crippen LogP contribution in [-0.2, 0) is 11.3 Å². The van der Waals surface area contributed by atoms with Crippen LogP contribution < -0.4 is 5.73 Å². The van der Waals surface area contributed by atoms with Crippen molar-refractivity contribution in [1.82, 2.24) is 4.90 Å². The van der Waals surface area contributed by atoms with Crippen molar-refractivity contribution in [3.8, 4) is 5.75 Å². The van der Waals surface area contributed by atoms with E-state index in [4.69, 9.17) is 5.73 Å². The Kier molecular flexibility index (Phi) is 4.25. The number of phenolic OH excluding ortho intramolecular Hbond substituents is 1. The Morgan fingerprint density at radius 3 is 2.37 bits per heavy atom. The van der Waals surface area contributed by atoms with E-state index in [1.165, 1.54) is 0 Å². The molecule has 0 spiro atoms. The van der Waals surface area contributed by atoms with E-state index in [0.717, 1.165) is 5.56 Å². The molecule has 0 aliphatic heterocycles. The molecule has 3 N–H and O–H groups in total. The van der Waals surface area contributed by atoms with E-state index < -0.39 is 11.0 Å². The lowest BCUT2D eigenvalue weighted by atomic mass is 9.74. The fourth-order valence-electron chi connectivity index (χ4n) is 1.75. The van der Waals surface area contributed by atoms with Gasteiger partial charge in [0.15, 0.2) is 0 Å². The van der Waals surface area contributed by atoms with Gasteiger partial charge in [0.2, 0.25) is 5.91 Å². The molecule has 0 atom stereocenters. The van der Waals surface area contributed by atoms with Crippen LogP contribution in [0.2, 0.25) is 0 Å². The van der Waals surface area contributed by atoms with E-state index in [0.29, 0.717) is 6.54 Å². The van der Waals surface area contributed by atoms with E-state index in [9.17, 15) is 9.90 Å². The quantitative estimate of drug-likeness (QED) is 0.875. The molecular formula is C15H24N2O2. The molecule has 1 aromatic carbocycles. The molecule has 1 aromatic rings. The Morgan fingerprint density at radius 1 is 1.32 bits per heavy atom. The van der Waals surface area contributed by atoms with Crippen molar-refractivity contribution >= 4 is 5.91 Å². The van der Waals surface area contributed by atoms with E-state index in [2.05, 4.69) is 0 Å². The van der Waals surface area contributed by atoms with Gasteiger partial charge in [-0.2, -0.15) is 0 Å². The lowest BCUT2D eigenvalue weighted by Crippen LogP contribution is -2.55. The van der Waals surface area contributed by atoms with Crippen LogP contribution in [-0.4, -0.2) is 28.5 Å². The van der Waals surface area contributed by atoms with E-state index in [1.54, 1.807) is 30.1 Å². The highest BCUT2D eigenvalue weighted by Crippen LogP contribution is 2.30. The van der Waals surface area contributed by atoms with Gasteiger partial charge in [-0.1, -0.05) is 12.1 Å². The van der Waals surface area contributed by atoms with Crippen LogP contribution in [0.15, 0.2) is 24.3 Å². The minimum Gasteiger partial charge on any atom is -0.508 e. The van der Waals surface area contributed by atoms with Crippen molar-refractivity contribution in [2.45, 2.75) is 39.8 Å². The van der Waals surface area contributed by atoms with Crippen molar-refractivity contribution in [3.63, 3.8) is 0 Å². The molecule has 4 heteroatoms. The van der Waals surface area contributed by atoms with E-state index in [1.807, 2.05) is 33.8 Å². The van der Waals surface area contributed by atoms with Crippen LogP contribution in [0.5, 0.6) is 5.75 Å². The third kappa shape index (κ3) is 3.47. The molecule has 4 nitrogen and oxygen atoms in total. The van der Waals surface area contributed by atoms with Gasteiger partial charge >= 0.3 is 0 Å². The van der Waals surface area contributed by atoms with Gasteiger partial charge in [-0.25, -0.2) is 0 Å². The molecule has 19 heavy (non-hydrogen) atoms. The Morgan fingerprint density at radius 2 is 1.89 bits per heavy atom. The lowest BCUT2D eigenvalue weighted by Gasteiger charge is -2.39. The lowest BCUT2D eigenvalue weighted by molar-refractivity contribution is -0.142. The monoisotopic (exact) mass is 264 g/mol. The molecule has 1 rings (SSSR count). The number of carbonyl (C=O) groups excluding carboxylic acids is 1. The minimum absolute atomic E-state index is 0.0108. The summed E-state index contributed by atoms with van der Waals surface area (Å²) in [7, 11) is 1.75. The zero-order valence-electron chi connectivity index (χ0n) is 12.4. The van der Waals surface area contributed by atoms with Crippen LogP contribution >= 0.6 is 0 Å². The Hall–Kier alpha value is -1.55. The minimum atomic E-state index is -0.654. The maximum atomic E-state index is 12.5. The smallest absolute Gasteiger partial charge is 0.230 e. The second-order valence-electron chi connectivity index (χ2n) is 6.18. The summed E-state index contributed by atoms with van der Waals surface area (Å²) in [6.07, 6.45) is 0. The summed E-state index contributed by atoms with van der Waals surface area (Å²) in [6, 6.07) is 6.91. The molecule has 0 aliphatic carbocycles. The predicted molar refractivity (Wildman–Crippen MR) is 76.6 cm³/mol. The zero-order chi connectivity index (χ0) is 14.8. The van der Waals surface area contributed by atoms with Gasteiger partial charge in [0, 0.05) is 19.1 Å². The number of benzene rings is 1. The van der Waals surface area contributed by atoms with E-state index >= 15 is 0 Å². The molecule has 0 aliphatic rings. The number of aromatic hydroxyl groups is 1. The number of hydrogen-bond acceptors (Lipinski definition) is 3. The third-order valence-corrected chi connectivity index (χ3v) is 3.82. The molecule has 0 saturated carbocycles. The zero-order valence-corrected chi connectivity index (χ0v) is 12.4. The summed E-state index contributed by atoms with van der Waals surface area (Å²) in [6.45, 7) is 7.87. The van der Waals surface area contributed by atoms with Gasteiger partial charge in [0.1, 0.15) is 5.75 Å². The van der Waals surface area contributed by atoms with Gasteiger partial charge in [-0.15, -0.1) is 0 Å². The first-order valence-electron chi connectivity index (χ1n) is 6.38. The normalized spacial score (nSPS) is 12.3. The topological polar surface area (TPSA) is 66.6 Å². The maximum absolute atomic E-state index is 12.5. The predicted octanol–water partition coefficient (Wildman–Crippen LogP) is 2.11. The average molecular weight is 264 g/mol. The Labute approximate surface area is 115 Å². The average Bonchev–Trinajstić information content (AvgIpc) is 2.26. The van der Waals surface area contributed by atoms with Crippen LogP contribution in [0, 0.1) is 5.41 Å². The molecule has 0 aromatic heterocycles. The summed E-state index contributed by atoms with van der Waals surface area (Å²) in [5.74, 6) is 0.195. The fourth-order valence-corrected chi connectivity index (χ4v) is 1.75. The standard InChI is InChI=1S/C15H24N2O2/c1-14(2,15(3,4)16)13(19)17(5)10-11-7-6-8-12(18)9-11/h6-9,18H,10,16H2,1-5H3. The van der Waals surface area contributed by atoms with Crippen LogP contribution in [0.3, 0.4) is 0 Å². The number of nitrogens with zero attached hydrogens (tertiary/aromatic N) is 1. The number of rotatable bonds is 4. The fraction of sp³-hybridized carbons (Fsp3) is 0.533. The van der Waals surface area contributed by atoms with Gasteiger partial charge in [0.05, 0.1) is 5.41 Å². The first kappa shape index (κ1) is 15.5. The first-order valence-corrected chi connectivity index (χ1v) is 6.38. The number of phenols is 1. The molecule has 0 fully saturated rings. The molecule has 106 valence electrons. The molecule has 0 heterocycles. The second kappa shape index (κ2) is 5.21. The van der Waals surface area contributed by atoms with Crippen LogP contribution in [0.25, 0.3) is 0 Å². The van der Waals surface area contributed by atoms with Crippen molar-refractivity contribution in [3.05, 3.63) is 29.8 Å². The molecule has 0 saturated heterocycles. The summed E-state index contributed by atoms with van der Waals surface area (Å²) < 4.78 is 0. The van der Waals surface area contributed by atoms with Gasteiger partial charge in [0.25, 0.3) is 0 Å². The molecule has 0 bridgehead atoms. The van der Waals surface area contributed by atoms with Gasteiger partial charge in [-0.05, 0) is 45.4 Å². The number of hydrogen-bond donors (Lipinski definition) is 2. The molecule has 0 unspecified atom stereocenters. The Bertz CT molecular complexity index is 461. The van der Waals surface area contributed by atoms with Crippen molar-refractivity contribution in [1.29, 1.82) is 0 Å². The highest BCUT2D eigenvalue weighted by atomic mass is 16.3. The van der Waals surface area contributed by atoms with Crippen molar-refractivity contribution in [2.75, 3.05) is 7.05 Å². The second-order valence-corrected chi connectivity index (χ2v) is 6.18. The van der Waals surface area contributed by atoms with E-state index in [-0.39, 0.29) is 11.7 Å². The molecule has 0 radical (unpaired) electrons. The van der Waals surface area contributed by atoms with Gasteiger partial charge in [-0.3, -0.25) is 4.79 Å². The maximum Gasteiger partial charge on any atom is 0.230 e. The van der Waals surface area contributed by atoms with Gasteiger partial charge < -0.3 is 15.7 Å². The van der Waals surface area contributed by atoms with Crippen LogP contribution in [0.1, 0.15) is 33.3 Å². The number of carbonyl (C=O) groups is 1. The SMILES string of the molecule is CN(Cc1cccc(O)c1)C(=O)C(C)(C)C(C)(C)N. The number of nitrogens with two attached hydrogens (primary N) is 1. The Balaban J connectivity index is 2.84. The highest BCUT2D eigenvalue weighted by molar-refractivity contribution is 5.83. The third-order valence-electron chi connectivity index (χ3n) is 3.82. The summed E-state index contributed by atoms with van der Waals surface area (Å²) >= 11 is 0. The summed E-state index contributed by atoms with van der Waals surface area (Å²) in [5.41, 5.74) is 5.72.